The molecular weight excluding hydrogens is 303 g/mol. The van der Waals surface area contributed by atoms with Crippen LogP contribution in [0.1, 0.15) is 10.4 Å². The van der Waals surface area contributed by atoms with Gasteiger partial charge in [0.15, 0.2) is 15.6 Å². The smallest absolute Gasteiger partial charge is 0.185 e. The van der Waals surface area contributed by atoms with E-state index in [1.54, 1.807) is 0 Å². The van der Waals surface area contributed by atoms with E-state index in [-0.39, 0.29) is 10.5 Å². The molecule has 0 heterocycles. The molecule has 6 heteroatoms. The van der Waals surface area contributed by atoms with Gasteiger partial charge in [0.05, 0.1) is 4.90 Å². The molecular formula is C14H10ClFO3S. The van der Waals surface area contributed by atoms with E-state index in [1.165, 1.54) is 42.5 Å². The predicted octanol–water partition coefficient (Wildman–Crippen LogP) is 3.14. The lowest BCUT2D eigenvalue weighted by Crippen LogP contribution is -2.16. The molecule has 0 atom stereocenters. The first kappa shape index (κ1) is 14.7. The number of rotatable bonds is 4. The second kappa shape index (κ2) is 5.73. The van der Waals surface area contributed by atoms with Gasteiger partial charge in [0.25, 0.3) is 0 Å². The lowest BCUT2D eigenvalue weighted by molar-refractivity contribution is 0.102. The summed E-state index contributed by atoms with van der Waals surface area (Å²) < 4.78 is 37.1. The Bertz CT molecular complexity index is 739. The summed E-state index contributed by atoms with van der Waals surface area (Å²) in [7, 11) is -3.77. The quantitative estimate of drug-likeness (QED) is 0.815. The minimum Gasteiger partial charge on any atom is -0.293 e. The number of halogens is 2. The molecule has 20 heavy (non-hydrogen) atoms. The topological polar surface area (TPSA) is 51.2 Å². The molecule has 104 valence electrons. The Hall–Kier alpha value is -1.72. The molecule has 3 nitrogen and oxygen atoms in total. The van der Waals surface area contributed by atoms with Gasteiger partial charge in [0.2, 0.25) is 0 Å². The molecule has 0 spiro atoms. The fourth-order valence-electron chi connectivity index (χ4n) is 1.64. The van der Waals surface area contributed by atoms with Crippen LogP contribution in [0.15, 0.2) is 53.4 Å². The molecule has 0 saturated heterocycles. The van der Waals surface area contributed by atoms with Crippen molar-refractivity contribution in [2.45, 2.75) is 4.90 Å². The number of ketones is 1. The largest absolute Gasteiger partial charge is 0.293 e. The maximum Gasteiger partial charge on any atom is 0.185 e. The Labute approximate surface area is 120 Å². The van der Waals surface area contributed by atoms with E-state index >= 15 is 0 Å². The Morgan fingerprint density at radius 1 is 1.10 bits per heavy atom. The fraction of sp³-hybridized carbons (Fsp3) is 0.0714. The van der Waals surface area contributed by atoms with E-state index in [1.807, 2.05) is 0 Å². The lowest BCUT2D eigenvalue weighted by Gasteiger charge is -2.04. The second-order valence-corrected chi connectivity index (χ2v) is 6.57. The highest BCUT2D eigenvalue weighted by Gasteiger charge is 2.20. The first-order chi connectivity index (χ1) is 9.38. The molecule has 0 aliphatic carbocycles. The van der Waals surface area contributed by atoms with Crippen LogP contribution in [0.2, 0.25) is 5.02 Å². The molecule has 0 amide bonds. The van der Waals surface area contributed by atoms with E-state index < -0.39 is 27.2 Å². The molecule has 0 aliphatic rings. The van der Waals surface area contributed by atoms with Gasteiger partial charge in [-0.05, 0) is 36.4 Å². The fourth-order valence-corrected chi connectivity index (χ4v) is 3.00. The van der Waals surface area contributed by atoms with Crippen molar-refractivity contribution in [3.05, 3.63) is 64.9 Å². The Balaban J connectivity index is 2.24. The molecule has 0 saturated carbocycles. The van der Waals surface area contributed by atoms with Crippen molar-refractivity contribution in [3.63, 3.8) is 0 Å². The van der Waals surface area contributed by atoms with Crippen LogP contribution in [-0.4, -0.2) is 20.0 Å². The van der Waals surface area contributed by atoms with Crippen molar-refractivity contribution in [2.75, 3.05) is 5.75 Å². The molecule has 0 radical (unpaired) electrons. The summed E-state index contributed by atoms with van der Waals surface area (Å²) in [5, 5.41) is 0.403. The highest BCUT2D eigenvalue weighted by atomic mass is 35.5. The molecule has 0 fully saturated rings. The van der Waals surface area contributed by atoms with Gasteiger partial charge in [-0.2, -0.15) is 0 Å². The zero-order valence-corrected chi connectivity index (χ0v) is 11.8. The van der Waals surface area contributed by atoms with Gasteiger partial charge in [-0.25, -0.2) is 12.8 Å². The van der Waals surface area contributed by atoms with Crippen LogP contribution in [0.25, 0.3) is 0 Å². The lowest BCUT2D eigenvalue weighted by atomic mass is 10.1. The monoisotopic (exact) mass is 312 g/mol. The zero-order chi connectivity index (χ0) is 14.8. The van der Waals surface area contributed by atoms with Crippen LogP contribution in [-0.2, 0) is 9.84 Å². The average Bonchev–Trinajstić information content (AvgIpc) is 2.38. The summed E-state index contributed by atoms with van der Waals surface area (Å²) in [4.78, 5) is 11.9. The number of carbonyl (C=O) groups excluding carboxylic acids is 1. The normalized spacial score (nSPS) is 11.3. The molecule has 0 aromatic heterocycles. The average molecular weight is 313 g/mol. The molecule has 0 N–H and O–H groups in total. The van der Waals surface area contributed by atoms with Crippen LogP contribution >= 0.6 is 11.6 Å². The summed E-state index contributed by atoms with van der Waals surface area (Å²) in [6.07, 6.45) is 0. The summed E-state index contributed by atoms with van der Waals surface area (Å²) in [6, 6.07) is 10.5. The maximum atomic E-state index is 13.0. The Kier molecular flexibility index (Phi) is 4.20. The van der Waals surface area contributed by atoms with E-state index in [0.717, 1.165) is 6.07 Å². The first-order valence-electron chi connectivity index (χ1n) is 5.65. The van der Waals surface area contributed by atoms with Crippen LogP contribution in [0.5, 0.6) is 0 Å². The van der Waals surface area contributed by atoms with E-state index in [2.05, 4.69) is 0 Å². The van der Waals surface area contributed by atoms with Crippen LogP contribution in [0.4, 0.5) is 4.39 Å². The number of hydrogen-bond acceptors (Lipinski definition) is 3. The van der Waals surface area contributed by atoms with Gasteiger partial charge >= 0.3 is 0 Å². The van der Waals surface area contributed by atoms with Gasteiger partial charge in [-0.15, -0.1) is 0 Å². The van der Waals surface area contributed by atoms with Crippen molar-refractivity contribution in [1.29, 1.82) is 0 Å². The maximum absolute atomic E-state index is 13.0. The molecule has 2 aromatic carbocycles. The number of sulfone groups is 1. The standard InChI is InChI=1S/C14H10ClFO3S/c15-11-4-6-13(7-5-11)20(18,19)9-14(17)10-2-1-3-12(16)8-10/h1-8H,9H2. The first-order valence-corrected chi connectivity index (χ1v) is 7.68. The summed E-state index contributed by atoms with van der Waals surface area (Å²) >= 11 is 5.68. The van der Waals surface area contributed by atoms with Gasteiger partial charge in [0.1, 0.15) is 11.6 Å². The summed E-state index contributed by atoms with van der Waals surface area (Å²) in [6.45, 7) is 0. The van der Waals surface area contributed by atoms with Crippen LogP contribution in [0, 0.1) is 5.82 Å². The zero-order valence-electron chi connectivity index (χ0n) is 10.2. The van der Waals surface area contributed by atoms with Crippen molar-refractivity contribution in [1.82, 2.24) is 0 Å². The third kappa shape index (κ3) is 3.43. The van der Waals surface area contributed by atoms with Gasteiger partial charge < -0.3 is 0 Å². The van der Waals surface area contributed by atoms with Gasteiger partial charge in [-0.3, -0.25) is 4.79 Å². The van der Waals surface area contributed by atoms with Crippen molar-refractivity contribution in [2.24, 2.45) is 0 Å². The predicted molar refractivity (Wildman–Crippen MR) is 74.2 cm³/mol. The molecule has 0 unspecified atom stereocenters. The van der Waals surface area contributed by atoms with E-state index in [0.29, 0.717) is 5.02 Å². The third-order valence-electron chi connectivity index (χ3n) is 2.64. The number of Topliss-reactive ketones (excluding diaryl/α,β-unsaturated/α-hetero) is 1. The third-order valence-corrected chi connectivity index (χ3v) is 4.53. The minimum absolute atomic E-state index is 0.00616. The highest BCUT2D eigenvalue weighted by Crippen LogP contribution is 2.16. The van der Waals surface area contributed by atoms with Gasteiger partial charge in [-0.1, -0.05) is 23.7 Å². The number of benzene rings is 2. The van der Waals surface area contributed by atoms with Crippen molar-refractivity contribution in [3.8, 4) is 0 Å². The van der Waals surface area contributed by atoms with E-state index in [9.17, 15) is 17.6 Å². The Morgan fingerprint density at radius 2 is 1.75 bits per heavy atom. The molecule has 2 rings (SSSR count). The van der Waals surface area contributed by atoms with Crippen LogP contribution in [0.3, 0.4) is 0 Å². The number of hydrogen-bond donors (Lipinski definition) is 0. The van der Waals surface area contributed by atoms with Crippen molar-refractivity contribution >= 4 is 27.2 Å². The highest BCUT2D eigenvalue weighted by molar-refractivity contribution is 7.92. The van der Waals surface area contributed by atoms with Crippen LogP contribution < -0.4 is 0 Å². The SMILES string of the molecule is O=C(CS(=O)(=O)c1ccc(Cl)cc1)c1cccc(F)c1. The second-order valence-electron chi connectivity index (χ2n) is 4.15. The summed E-state index contributed by atoms with van der Waals surface area (Å²) in [5.74, 6) is -1.95. The molecule has 2 aromatic rings. The number of carbonyl (C=O) groups is 1. The summed E-state index contributed by atoms with van der Waals surface area (Å²) in [5.41, 5.74) is 0.0301. The molecule has 0 bridgehead atoms. The van der Waals surface area contributed by atoms with Gasteiger partial charge in [0, 0.05) is 10.6 Å². The van der Waals surface area contributed by atoms with Crippen molar-refractivity contribution < 1.29 is 17.6 Å². The Morgan fingerprint density at radius 3 is 2.35 bits per heavy atom. The molecule has 0 aliphatic heterocycles. The van der Waals surface area contributed by atoms with E-state index in [4.69, 9.17) is 11.6 Å². The minimum atomic E-state index is -3.77.